The topological polar surface area (TPSA) is 3.24 Å². The van der Waals surface area contributed by atoms with Crippen molar-refractivity contribution in [2.45, 2.75) is 5.41 Å². The van der Waals surface area contributed by atoms with Crippen LogP contribution in [0.15, 0.2) is 261 Å². The van der Waals surface area contributed by atoms with Gasteiger partial charge in [-0.1, -0.05) is 224 Å². The minimum atomic E-state index is -0.532. The van der Waals surface area contributed by atoms with Gasteiger partial charge in [0.05, 0.1) is 11.1 Å². The second-order valence-corrected chi connectivity index (χ2v) is 16.8. The van der Waals surface area contributed by atoms with Gasteiger partial charge >= 0.3 is 0 Å². The molecule has 1 heteroatoms. The van der Waals surface area contributed by atoms with E-state index >= 15 is 0 Å². The van der Waals surface area contributed by atoms with E-state index in [4.69, 9.17) is 0 Å². The molecule has 0 amide bonds. The number of hydrogen-bond acceptors (Lipinski definition) is 1. The van der Waals surface area contributed by atoms with E-state index in [1.54, 1.807) is 0 Å². The Morgan fingerprint density at radius 3 is 1.53 bits per heavy atom. The second-order valence-electron chi connectivity index (χ2n) is 16.8. The minimum absolute atomic E-state index is 0.532. The average molecular weight is 814 g/mol. The van der Waals surface area contributed by atoms with Crippen LogP contribution in [0.1, 0.15) is 22.3 Å². The van der Waals surface area contributed by atoms with Crippen molar-refractivity contribution in [2.24, 2.45) is 0 Å². The fourth-order valence-corrected chi connectivity index (χ4v) is 10.5. The lowest BCUT2D eigenvalue weighted by molar-refractivity contribution is 0.768. The summed E-state index contributed by atoms with van der Waals surface area (Å²) in [5, 5.41) is 4.94. The maximum Gasteiger partial charge on any atom is 0.0714 e. The first-order chi connectivity index (χ1) is 31.8. The maximum atomic E-state index is 2.48. The Morgan fingerprint density at radius 1 is 0.266 bits per heavy atom. The maximum absolute atomic E-state index is 2.48. The van der Waals surface area contributed by atoms with Crippen LogP contribution in [-0.4, -0.2) is 0 Å². The molecule has 64 heavy (non-hydrogen) atoms. The first-order valence-corrected chi connectivity index (χ1v) is 22.2. The van der Waals surface area contributed by atoms with Crippen LogP contribution in [0.5, 0.6) is 0 Å². The lowest BCUT2D eigenvalue weighted by Crippen LogP contribution is -2.28. The molecule has 1 aliphatic carbocycles. The monoisotopic (exact) mass is 813 g/mol. The van der Waals surface area contributed by atoms with Crippen molar-refractivity contribution in [3.8, 4) is 44.5 Å². The molecule has 12 rings (SSSR count). The molecule has 11 aromatic carbocycles. The van der Waals surface area contributed by atoms with Crippen molar-refractivity contribution >= 4 is 38.6 Å². The normalized spacial score (nSPS) is 12.5. The van der Waals surface area contributed by atoms with Gasteiger partial charge in [-0.3, -0.25) is 0 Å². The molecule has 0 aromatic heterocycles. The third-order valence-electron chi connectivity index (χ3n) is 13.3. The first-order valence-electron chi connectivity index (χ1n) is 22.2. The lowest BCUT2D eigenvalue weighted by Gasteiger charge is -2.35. The number of rotatable bonds is 8. The summed E-state index contributed by atoms with van der Waals surface area (Å²) in [4.78, 5) is 2.48. The predicted molar refractivity (Wildman–Crippen MR) is 270 cm³/mol. The van der Waals surface area contributed by atoms with Crippen LogP contribution in [0.25, 0.3) is 66.1 Å². The number of nitrogens with zero attached hydrogens (tertiary/aromatic N) is 1. The molecule has 0 saturated heterocycles. The van der Waals surface area contributed by atoms with E-state index in [0.29, 0.717) is 0 Å². The zero-order chi connectivity index (χ0) is 42.5. The molecule has 1 nitrogen and oxygen atoms in total. The van der Waals surface area contributed by atoms with Crippen molar-refractivity contribution in [3.63, 3.8) is 0 Å². The number of para-hydroxylation sites is 1. The van der Waals surface area contributed by atoms with Gasteiger partial charge in [0.2, 0.25) is 0 Å². The number of hydrogen-bond donors (Lipinski definition) is 0. The van der Waals surface area contributed by atoms with E-state index in [1.165, 1.54) is 82.7 Å². The highest BCUT2D eigenvalue weighted by molar-refractivity contribution is 6.09. The Hall–Kier alpha value is -8.26. The minimum Gasteiger partial charge on any atom is -0.310 e. The summed E-state index contributed by atoms with van der Waals surface area (Å²) in [6, 6.07) is 96.0. The van der Waals surface area contributed by atoms with Gasteiger partial charge in [-0.15, -0.1) is 0 Å². The molecule has 0 unspecified atom stereocenters. The number of anilines is 3. The third kappa shape index (κ3) is 6.08. The van der Waals surface area contributed by atoms with Crippen LogP contribution in [0.2, 0.25) is 0 Å². The van der Waals surface area contributed by atoms with E-state index in [0.717, 1.165) is 22.6 Å². The van der Waals surface area contributed by atoms with Crippen molar-refractivity contribution < 1.29 is 0 Å². The highest BCUT2D eigenvalue weighted by Crippen LogP contribution is 2.57. The van der Waals surface area contributed by atoms with Gasteiger partial charge < -0.3 is 4.90 Å². The smallest absolute Gasteiger partial charge is 0.0714 e. The molecular weight excluding hydrogens is 771 g/mol. The van der Waals surface area contributed by atoms with E-state index in [9.17, 15) is 0 Å². The largest absolute Gasteiger partial charge is 0.310 e. The van der Waals surface area contributed by atoms with Crippen molar-refractivity contribution in [1.29, 1.82) is 0 Å². The Balaban J connectivity index is 1.11. The predicted octanol–water partition coefficient (Wildman–Crippen LogP) is 16.8. The average Bonchev–Trinajstić information content (AvgIpc) is 3.67. The first kappa shape index (κ1) is 37.5. The highest BCUT2D eigenvalue weighted by atomic mass is 15.1. The Morgan fingerprint density at radius 2 is 0.797 bits per heavy atom. The van der Waals surface area contributed by atoms with Gasteiger partial charge in [0, 0.05) is 16.9 Å². The molecule has 0 saturated carbocycles. The third-order valence-corrected chi connectivity index (χ3v) is 13.3. The summed E-state index contributed by atoms with van der Waals surface area (Å²) < 4.78 is 0. The molecule has 0 aliphatic heterocycles. The highest BCUT2D eigenvalue weighted by Gasteiger charge is 2.46. The summed E-state index contributed by atoms with van der Waals surface area (Å²) in [7, 11) is 0. The van der Waals surface area contributed by atoms with E-state index in [-0.39, 0.29) is 0 Å². The van der Waals surface area contributed by atoms with Gasteiger partial charge in [0.15, 0.2) is 0 Å². The van der Waals surface area contributed by atoms with Gasteiger partial charge in [0.1, 0.15) is 0 Å². The SMILES string of the molecule is c1ccc(-c2cccc3cccc(-c4ccccc4N(c4ccc(-c5ccc6ccccc6c5)cc4)c4ccc5c(c4)C(c4ccccc4)(c4ccccc4)c4ccccc4-5)c23)cc1. The van der Waals surface area contributed by atoms with Gasteiger partial charge in [-0.25, -0.2) is 0 Å². The zero-order valence-corrected chi connectivity index (χ0v) is 35.3. The molecule has 300 valence electrons. The molecular formula is C63H43N. The van der Waals surface area contributed by atoms with E-state index in [2.05, 4.69) is 266 Å². The summed E-state index contributed by atoms with van der Waals surface area (Å²) in [6.45, 7) is 0. The van der Waals surface area contributed by atoms with Gasteiger partial charge in [-0.05, 0) is 119 Å². The van der Waals surface area contributed by atoms with Crippen LogP contribution in [0, 0.1) is 0 Å². The lowest BCUT2D eigenvalue weighted by atomic mass is 9.67. The molecule has 0 bridgehead atoms. The fourth-order valence-electron chi connectivity index (χ4n) is 10.5. The van der Waals surface area contributed by atoms with Crippen molar-refractivity contribution in [3.05, 3.63) is 283 Å². The molecule has 0 radical (unpaired) electrons. The molecule has 0 fully saturated rings. The van der Waals surface area contributed by atoms with Crippen LogP contribution in [-0.2, 0) is 5.41 Å². The number of fused-ring (bicyclic) bond motifs is 5. The summed E-state index contributed by atoms with van der Waals surface area (Å²) in [5.41, 5.74) is 17.5. The molecule has 0 N–H and O–H groups in total. The van der Waals surface area contributed by atoms with Crippen LogP contribution < -0.4 is 4.90 Å². The number of benzene rings is 11. The summed E-state index contributed by atoms with van der Waals surface area (Å²) in [5.74, 6) is 0. The van der Waals surface area contributed by atoms with Gasteiger partial charge in [-0.2, -0.15) is 0 Å². The summed E-state index contributed by atoms with van der Waals surface area (Å²) >= 11 is 0. The van der Waals surface area contributed by atoms with Crippen molar-refractivity contribution in [1.82, 2.24) is 0 Å². The van der Waals surface area contributed by atoms with E-state index in [1.807, 2.05) is 0 Å². The Kier molecular flexibility index (Phi) is 9.13. The second kappa shape index (κ2) is 15.6. The molecule has 11 aromatic rings. The molecule has 0 atom stereocenters. The van der Waals surface area contributed by atoms with Crippen LogP contribution in [0.3, 0.4) is 0 Å². The standard InChI is InChI=1S/C63H43N/c1-4-19-46(20-5-1)54-30-16-22-47-23-17-31-58(62(47)54)57-29-13-15-33-61(57)64(52-38-36-45(37-39-52)49-35-34-44-18-10-11-21-48(44)42-49)53-40-41-56-55-28-12-14-32-59(55)63(60(56)43-53,50-24-6-2-7-25-50)51-26-8-3-9-27-51/h1-43H. The summed E-state index contributed by atoms with van der Waals surface area (Å²) in [6.07, 6.45) is 0. The van der Waals surface area contributed by atoms with Crippen LogP contribution in [0.4, 0.5) is 17.1 Å². The quantitative estimate of drug-likeness (QED) is 0.148. The van der Waals surface area contributed by atoms with Crippen LogP contribution >= 0.6 is 0 Å². The Labute approximate surface area is 374 Å². The molecule has 0 heterocycles. The fraction of sp³-hybridized carbons (Fsp3) is 0.0159. The van der Waals surface area contributed by atoms with Gasteiger partial charge in [0.25, 0.3) is 0 Å². The molecule has 0 spiro atoms. The Bertz CT molecular complexity index is 3440. The molecule has 1 aliphatic rings. The zero-order valence-electron chi connectivity index (χ0n) is 35.3. The van der Waals surface area contributed by atoms with Crippen molar-refractivity contribution in [2.75, 3.05) is 4.90 Å². The van der Waals surface area contributed by atoms with E-state index < -0.39 is 5.41 Å².